The van der Waals surface area contributed by atoms with Crippen molar-refractivity contribution in [2.24, 2.45) is 9.98 Å². The van der Waals surface area contributed by atoms with Crippen LogP contribution in [0.2, 0.25) is 0 Å². The first-order valence-corrected chi connectivity index (χ1v) is 4.99. The van der Waals surface area contributed by atoms with Crippen LogP contribution in [-0.4, -0.2) is 22.8 Å². The first-order chi connectivity index (χ1) is 5.66. The molecule has 64 valence electrons. The van der Waals surface area contributed by atoms with Crippen molar-refractivity contribution < 1.29 is 0 Å². The van der Waals surface area contributed by atoms with Crippen LogP contribution in [0.4, 0.5) is 0 Å². The Balaban J connectivity index is 2.33. The van der Waals surface area contributed by atoms with E-state index in [9.17, 15) is 0 Å². The van der Waals surface area contributed by atoms with Crippen molar-refractivity contribution in [2.45, 2.75) is 32.1 Å². The van der Waals surface area contributed by atoms with E-state index in [1.165, 1.54) is 10.6 Å². The lowest BCUT2D eigenvalue weighted by Gasteiger charge is -2.19. The van der Waals surface area contributed by atoms with Crippen LogP contribution in [0, 0.1) is 0 Å². The number of fused-ring (bicyclic) bond motifs is 1. The molecular weight excluding hydrogens is 168 g/mol. The number of thioether (sulfide) groups is 1. The second-order valence-electron chi connectivity index (χ2n) is 3.24. The van der Waals surface area contributed by atoms with Crippen LogP contribution in [0.15, 0.2) is 21.0 Å². The van der Waals surface area contributed by atoms with Crippen LogP contribution in [-0.2, 0) is 0 Å². The van der Waals surface area contributed by atoms with Gasteiger partial charge in [0.05, 0.1) is 11.3 Å². The highest BCUT2D eigenvalue weighted by Gasteiger charge is 2.30. The van der Waals surface area contributed by atoms with Crippen molar-refractivity contribution in [3.63, 3.8) is 0 Å². The van der Waals surface area contributed by atoms with Crippen LogP contribution in [0.3, 0.4) is 0 Å². The first-order valence-electron chi connectivity index (χ1n) is 4.11. The van der Waals surface area contributed by atoms with E-state index in [0.29, 0.717) is 11.3 Å². The van der Waals surface area contributed by atoms with Gasteiger partial charge in [0, 0.05) is 5.71 Å². The number of allylic oxidation sites excluding steroid dienone is 1. The van der Waals surface area contributed by atoms with Gasteiger partial charge < -0.3 is 0 Å². The molecule has 0 aromatic carbocycles. The second kappa shape index (κ2) is 2.73. The topological polar surface area (TPSA) is 24.7 Å². The van der Waals surface area contributed by atoms with E-state index < -0.39 is 0 Å². The number of hydrogen-bond acceptors (Lipinski definition) is 3. The average molecular weight is 180 g/mol. The Morgan fingerprint density at radius 3 is 2.83 bits per heavy atom. The molecule has 2 atom stereocenters. The zero-order valence-corrected chi connectivity index (χ0v) is 8.35. The largest absolute Gasteiger partial charge is 0.262 e. The smallest absolute Gasteiger partial charge is 0.120 e. The molecular formula is C9H12N2S. The molecule has 0 aromatic heterocycles. The molecule has 0 radical (unpaired) electrons. The van der Waals surface area contributed by atoms with Crippen molar-refractivity contribution in [1.82, 2.24) is 0 Å². The predicted octanol–water partition coefficient (Wildman–Crippen LogP) is 2.27. The summed E-state index contributed by atoms with van der Waals surface area (Å²) in [5, 5.41) is 0.480. The number of rotatable bonds is 0. The fourth-order valence-corrected chi connectivity index (χ4v) is 2.76. The Kier molecular flexibility index (Phi) is 1.83. The van der Waals surface area contributed by atoms with E-state index >= 15 is 0 Å². The Morgan fingerprint density at radius 2 is 2.08 bits per heavy atom. The lowest BCUT2D eigenvalue weighted by atomic mass is 10.1. The van der Waals surface area contributed by atoms with Gasteiger partial charge in [0.15, 0.2) is 0 Å². The monoisotopic (exact) mass is 180 g/mol. The Hall–Kier alpha value is -0.570. The molecule has 0 bridgehead atoms. The summed E-state index contributed by atoms with van der Waals surface area (Å²) < 4.78 is 0. The van der Waals surface area contributed by atoms with Gasteiger partial charge in [-0.05, 0) is 31.8 Å². The summed E-state index contributed by atoms with van der Waals surface area (Å²) in [5.74, 6) is 0.917. The Bertz CT molecular complexity index is 302. The summed E-state index contributed by atoms with van der Waals surface area (Å²) in [6, 6.07) is 0.354. The van der Waals surface area contributed by atoms with Crippen molar-refractivity contribution in [2.75, 3.05) is 0 Å². The molecule has 2 nitrogen and oxygen atoms in total. The molecule has 0 aliphatic carbocycles. The molecule has 0 saturated carbocycles. The number of nitrogens with zero attached hydrogens (tertiary/aromatic N) is 2. The molecule has 0 spiro atoms. The minimum Gasteiger partial charge on any atom is -0.262 e. The third kappa shape index (κ3) is 1.22. The zero-order valence-electron chi connectivity index (χ0n) is 7.53. The zero-order chi connectivity index (χ0) is 8.72. The van der Waals surface area contributed by atoms with Gasteiger partial charge in [-0.25, -0.2) is 4.99 Å². The molecule has 0 N–H and O–H groups in total. The fraction of sp³-hybridized carbons (Fsp3) is 0.556. The van der Waals surface area contributed by atoms with E-state index in [4.69, 9.17) is 0 Å². The summed E-state index contributed by atoms with van der Waals surface area (Å²) in [4.78, 5) is 10.2. The minimum absolute atomic E-state index is 0.354. The maximum atomic E-state index is 4.48. The highest BCUT2D eigenvalue weighted by atomic mass is 32.2. The van der Waals surface area contributed by atoms with Gasteiger partial charge >= 0.3 is 0 Å². The van der Waals surface area contributed by atoms with Crippen molar-refractivity contribution in [1.29, 1.82) is 0 Å². The number of amidine groups is 1. The first kappa shape index (κ1) is 8.05. The van der Waals surface area contributed by atoms with Gasteiger partial charge in [-0.2, -0.15) is 0 Å². The van der Waals surface area contributed by atoms with Gasteiger partial charge in [0.1, 0.15) is 5.84 Å². The van der Waals surface area contributed by atoms with Gasteiger partial charge in [0.2, 0.25) is 0 Å². The molecule has 0 amide bonds. The van der Waals surface area contributed by atoms with Crippen LogP contribution in [0.1, 0.15) is 20.8 Å². The van der Waals surface area contributed by atoms with Gasteiger partial charge in [-0.15, -0.1) is 11.8 Å². The van der Waals surface area contributed by atoms with Gasteiger partial charge in [0.25, 0.3) is 0 Å². The third-order valence-electron chi connectivity index (χ3n) is 2.11. The summed E-state index contributed by atoms with van der Waals surface area (Å²) in [6.45, 7) is 6.20. The Labute approximate surface area is 76.9 Å². The number of hydrogen-bond donors (Lipinski definition) is 0. The highest BCUT2D eigenvalue weighted by molar-refractivity contribution is 8.04. The normalized spacial score (nSPS) is 33.8. The van der Waals surface area contributed by atoms with E-state index in [-0.39, 0.29) is 0 Å². The predicted molar refractivity (Wildman–Crippen MR) is 55.1 cm³/mol. The average Bonchev–Trinajstić information content (AvgIpc) is 2.29. The summed E-state index contributed by atoms with van der Waals surface area (Å²) in [7, 11) is 0. The van der Waals surface area contributed by atoms with Gasteiger partial charge in [-0.1, -0.05) is 0 Å². The number of aliphatic imine (C=N–C) groups is 2. The van der Waals surface area contributed by atoms with Crippen LogP contribution >= 0.6 is 11.8 Å². The van der Waals surface area contributed by atoms with E-state index in [1.54, 1.807) is 0 Å². The molecule has 0 saturated heterocycles. The molecule has 0 fully saturated rings. The van der Waals surface area contributed by atoms with Crippen molar-refractivity contribution in [3.05, 3.63) is 11.0 Å². The molecule has 2 aliphatic rings. The summed E-state index contributed by atoms with van der Waals surface area (Å²) >= 11 is 1.88. The molecule has 2 rings (SSSR count). The Morgan fingerprint density at radius 1 is 1.33 bits per heavy atom. The SMILES string of the molecule is CC1=CC2N=C(C)N=C(C)C2S1. The highest BCUT2D eigenvalue weighted by Crippen LogP contribution is 2.36. The summed E-state index contributed by atoms with van der Waals surface area (Å²) in [6.07, 6.45) is 2.23. The van der Waals surface area contributed by atoms with E-state index in [0.717, 1.165) is 5.84 Å². The molecule has 0 aromatic rings. The van der Waals surface area contributed by atoms with Gasteiger partial charge in [-0.3, -0.25) is 4.99 Å². The molecule has 12 heavy (non-hydrogen) atoms. The summed E-state index contributed by atoms with van der Waals surface area (Å²) in [5.41, 5.74) is 1.21. The maximum absolute atomic E-state index is 4.48. The van der Waals surface area contributed by atoms with Crippen LogP contribution in [0.5, 0.6) is 0 Å². The fourth-order valence-electron chi connectivity index (χ4n) is 1.64. The van der Waals surface area contributed by atoms with Crippen LogP contribution < -0.4 is 0 Å². The third-order valence-corrected chi connectivity index (χ3v) is 3.50. The second-order valence-corrected chi connectivity index (χ2v) is 4.62. The quantitative estimate of drug-likeness (QED) is 0.561. The molecule has 2 heterocycles. The minimum atomic E-state index is 0.354. The molecule has 2 aliphatic heterocycles. The van der Waals surface area contributed by atoms with Crippen molar-refractivity contribution in [3.8, 4) is 0 Å². The van der Waals surface area contributed by atoms with E-state index in [1.807, 2.05) is 18.7 Å². The standard InChI is InChI=1S/C9H12N2S/c1-5-4-8-9(12-5)6(2)10-7(3)11-8/h4,8-9H,1-3H3. The maximum Gasteiger partial charge on any atom is 0.120 e. The molecule has 3 heteroatoms. The van der Waals surface area contributed by atoms with E-state index in [2.05, 4.69) is 29.9 Å². The van der Waals surface area contributed by atoms with Crippen molar-refractivity contribution >= 4 is 23.3 Å². The lowest BCUT2D eigenvalue weighted by Crippen LogP contribution is -2.28. The molecule has 2 unspecified atom stereocenters. The van der Waals surface area contributed by atoms with Crippen LogP contribution in [0.25, 0.3) is 0 Å². The lowest BCUT2D eigenvalue weighted by molar-refractivity contribution is 0.866.